The van der Waals surface area contributed by atoms with Gasteiger partial charge >= 0.3 is 0 Å². The third-order valence-corrected chi connectivity index (χ3v) is 3.58. The number of anilines is 1. The van der Waals surface area contributed by atoms with E-state index in [1.54, 1.807) is 7.11 Å². The number of aryl methyl sites for hydroxylation is 1. The van der Waals surface area contributed by atoms with Gasteiger partial charge in [-0.1, -0.05) is 17.7 Å². The first kappa shape index (κ1) is 12.6. The van der Waals surface area contributed by atoms with Crippen LogP contribution in [0.15, 0.2) is 48.7 Å². The zero-order chi connectivity index (χ0) is 14.1. The molecule has 0 aliphatic heterocycles. The molecule has 102 valence electrons. The molecule has 2 aromatic carbocycles. The van der Waals surface area contributed by atoms with Gasteiger partial charge in [0, 0.05) is 29.0 Å². The van der Waals surface area contributed by atoms with Crippen LogP contribution in [-0.2, 0) is 6.54 Å². The second-order valence-electron chi connectivity index (χ2n) is 5.08. The van der Waals surface area contributed by atoms with E-state index in [-0.39, 0.29) is 0 Å². The minimum Gasteiger partial charge on any atom is -0.496 e. The Kier molecular flexibility index (Phi) is 3.11. The number of nitrogens with zero attached hydrogens (tertiary/aromatic N) is 1. The highest BCUT2D eigenvalue weighted by molar-refractivity contribution is 5.81. The van der Waals surface area contributed by atoms with Crippen LogP contribution in [0.5, 0.6) is 5.75 Å². The van der Waals surface area contributed by atoms with Crippen LogP contribution in [0.25, 0.3) is 10.9 Å². The molecule has 3 heteroatoms. The summed E-state index contributed by atoms with van der Waals surface area (Å²) in [7, 11) is 1.68. The SMILES string of the molecule is COc1cc(N)ccc1Cn1ccc2cc(C)ccc21. The molecule has 0 amide bonds. The Hall–Kier alpha value is -2.42. The Balaban J connectivity index is 2.01. The van der Waals surface area contributed by atoms with Crippen molar-refractivity contribution in [1.82, 2.24) is 4.57 Å². The molecule has 2 N–H and O–H groups in total. The van der Waals surface area contributed by atoms with Gasteiger partial charge in [0.1, 0.15) is 5.75 Å². The highest BCUT2D eigenvalue weighted by atomic mass is 16.5. The van der Waals surface area contributed by atoms with Crippen LogP contribution in [0, 0.1) is 6.92 Å². The Bertz CT molecular complexity index is 759. The molecular weight excluding hydrogens is 248 g/mol. The molecule has 3 nitrogen and oxygen atoms in total. The summed E-state index contributed by atoms with van der Waals surface area (Å²) in [5.41, 5.74) is 10.2. The van der Waals surface area contributed by atoms with E-state index in [4.69, 9.17) is 10.5 Å². The number of fused-ring (bicyclic) bond motifs is 1. The van der Waals surface area contributed by atoms with Crippen LogP contribution in [0.1, 0.15) is 11.1 Å². The molecule has 0 aliphatic carbocycles. The first-order valence-corrected chi connectivity index (χ1v) is 6.65. The Morgan fingerprint density at radius 3 is 2.75 bits per heavy atom. The van der Waals surface area contributed by atoms with Crippen LogP contribution >= 0.6 is 0 Å². The molecule has 0 radical (unpaired) electrons. The molecule has 0 spiro atoms. The van der Waals surface area contributed by atoms with Crippen molar-refractivity contribution in [3.05, 3.63) is 59.8 Å². The molecule has 0 fully saturated rings. The van der Waals surface area contributed by atoms with Gasteiger partial charge in [-0.3, -0.25) is 0 Å². The summed E-state index contributed by atoms with van der Waals surface area (Å²) in [5, 5.41) is 1.26. The molecule has 0 saturated heterocycles. The minimum absolute atomic E-state index is 0.721. The number of benzene rings is 2. The van der Waals surface area contributed by atoms with Gasteiger partial charge in [-0.15, -0.1) is 0 Å². The molecule has 0 atom stereocenters. The highest BCUT2D eigenvalue weighted by Crippen LogP contribution is 2.25. The average molecular weight is 266 g/mol. The summed E-state index contributed by atoms with van der Waals surface area (Å²) in [6.45, 7) is 2.88. The van der Waals surface area contributed by atoms with Crippen molar-refractivity contribution >= 4 is 16.6 Å². The van der Waals surface area contributed by atoms with E-state index in [1.807, 2.05) is 18.2 Å². The standard InChI is InChI=1S/C17H18N2O/c1-12-3-6-16-13(9-12)7-8-19(16)11-14-4-5-15(18)10-17(14)20-2/h3-10H,11,18H2,1-2H3. The third kappa shape index (κ3) is 2.23. The van der Waals surface area contributed by atoms with Crippen molar-refractivity contribution in [3.8, 4) is 5.75 Å². The lowest BCUT2D eigenvalue weighted by Gasteiger charge is -2.11. The molecule has 0 saturated carbocycles. The summed E-state index contributed by atoms with van der Waals surface area (Å²) in [5.74, 6) is 0.832. The Labute approximate surface area is 118 Å². The number of rotatable bonds is 3. The lowest BCUT2D eigenvalue weighted by Crippen LogP contribution is -2.01. The maximum atomic E-state index is 5.80. The monoisotopic (exact) mass is 266 g/mol. The maximum Gasteiger partial charge on any atom is 0.125 e. The number of nitrogen functional groups attached to an aromatic ring is 1. The summed E-state index contributed by atoms with van der Waals surface area (Å²) in [6, 6.07) is 14.4. The molecule has 0 bridgehead atoms. The van der Waals surface area contributed by atoms with Crippen LogP contribution in [-0.4, -0.2) is 11.7 Å². The number of hydrogen-bond donors (Lipinski definition) is 1. The number of hydrogen-bond acceptors (Lipinski definition) is 2. The van der Waals surface area contributed by atoms with Gasteiger partial charge in [0.05, 0.1) is 13.7 Å². The quantitative estimate of drug-likeness (QED) is 0.736. The predicted molar refractivity (Wildman–Crippen MR) is 83.2 cm³/mol. The molecule has 0 aliphatic rings. The van der Waals surface area contributed by atoms with E-state index in [0.29, 0.717) is 0 Å². The third-order valence-electron chi connectivity index (χ3n) is 3.58. The van der Waals surface area contributed by atoms with E-state index in [2.05, 4.69) is 42.0 Å². The van der Waals surface area contributed by atoms with Gasteiger partial charge in [-0.05, 0) is 36.6 Å². The number of methoxy groups -OCH3 is 1. The molecule has 1 aromatic heterocycles. The Morgan fingerprint density at radius 1 is 1.10 bits per heavy atom. The smallest absolute Gasteiger partial charge is 0.125 e. The van der Waals surface area contributed by atoms with Gasteiger partial charge in [-0.25, -0.2) is 0 Å². The zero-order valence-electron chi connectivity index (χ0n) is 11.8. The second kappa shape index (κ2) is 4.93. The first-order chi connectivity index (χ1) is 9.67. The van der Waals surface area contributed by atoms with E-state index in [1.165, 1.54) is 16.5 Å². The molecule has 3 rings (SSSR count). The van der Waals surface area contributed by atoms with Gasteiger partial charge in [0.15, 0.2) is 0 Å². The summed E-state index contributed by atoms with van der Waals surface area (Å²) in [4.78, 5) is 0. The van der Waals surface area contributed by atoms with Gasteiger partial charge in [0.25, 0.3) is 0 Å². The fourth-order valence-electron chi connectivity index (χ4n) is 2.53. The minimum atomic E-state index is 0.721. The van der Waals surface area contributed by atoms with E-state index in [9.17, 15) is 0 Å². The van der Waals surface area contributed by atoms with Crippen molar-refractivity contribution in [2.24, 2.45) is 0 Å². The van der Waals surface area contributed by atoms with Crippen molar-refractivity contribution in [2.75, 3.05) is 12.8 Å². The molecular formula is C17H18N2O. The summed E-state index contributed by atoms with van der Waals surface area (Å²) in [6.07, 6.45) is 2.11. The molecule has 3 aromatic rings. The summed E-state index contributed by atoms with van der Waals surface area (Å²) < 4.78 is 7.64. The van der Waals surface area contributed by atoms with Crippen LogP contribution in [0.2, 0.25) is 0 Å². The largest absolute Gasteiger partial charge is 0.496 e. The molecule has 20 heavy (non-hydrogen) atoms. The Morgan fingerprint density at radius 2 is 1.95 bits per heavy atom. The van der Waals surface area contributed by atoms with Gasteiger partial charge in [0.2, 0.25) is 0 Å². The number of nitrogens with two attached hydrogens (primary N) is 1. The fraction of sp³-hybridized carbons (Fsp3) is 0.176. The fourth-order valence-corrected chi connectivity index (χ4v) is 2.53. The predicted octanol–water partition coefficient (Wildman–Crippen LogP) is 3.59. The topological polar surface area (TPSA) is 40.2 Å². The van der Waals surface area contributed by atoms with Gasteiger partial charge < -0.3 is 15.0 Å². The van der Waals surface area contributed by atoms with Crippen molar-refractivity contribution in [2.45, 2.75) is 13.5 Å². The van der Waals surface area contributed by atoms with E-state index in [0.717, 1.165) is 23.5 Å². The zero-order valence-corrected chi connectivity index (χ0v) is 11.8. The van der Waals surface area contributed by atoms with Crippen LogP contribution < -0.4 is 10.5 Å². The number of ether oxygens (including phenoxy) is 1. The van der Waals surface area contributed by atoms with E-state index < -0.39 is 0 Å². The average Bonchev–Trinajstić information content (AvgIpc) is 2.83. The van der Waals surface area contributed by atoms with Crippen LogP contribution in [0.3, 0.4) is 0 Å². The van der Waals surface area contributed by atoms with Crippen molar-refractivity contribution in [3.63, 3.8) is 0 Å². The lowest BCUT2D eigenvalue weighted by atomic mass is 10.1. The highest BCUT2D eigenvalue weighted by Gasteiger charge is 2.07. The summed E-state index contributed by atoms with van der Waals surface area (Å²) >= 11 is 0. The second-order valence-corrected chi connectivity index (χ2v) is 5.08. The molecule has 1 heterocycles. The maximum absolute atomic E-state index is 5.80. The van der Waals surface area contributed by atoms with Gasteiger partial charge in [-0.2, -0.15) is 0 Å². The lowest BCUT2D eigenvalue weighted by molar-refractivity contribution is 0.409. The molecule has 0 unspecified atom stereocenters. The van der Waals surface area contributed by atoms with Crippen molar-refractivity contribution < 1.29 is 4.74 Å². The van der Waals surface area contributed by atoms with E-state index >= 15 is 0 Å². The number of aromatic nitrogens is 1. The van der Waals surface area contributed by atoms with Crippen molar-refractivity contribution in [1.29, 1.82) is 0 Å². The van der Waals surface area contributed by atoms with Crippen LogP contribution in [0.4, 0.5) is 5.69 Å². The normalized spacial score (nSPS) is 10.9. The first-order valence-electron chi connectivity index (χ1n) is 6.65.